The van der Waals surface area contributed by atoms with Crippen molar-refractivity contribution in [2.24, 2.45) is 0 Å². The molecule has 0 fully saturated rings. The van der Waals surface area contributed by atoms with E-state index in [1.807, 2.05) is 25.1 Å². The molecule has 1 rings (SSSR count). The van der Waals surface area contributed by atoms with Crippen LogP contribution in [0.2, 0.25) is 0 Å². The zero-order valence-corrected chi connectivity index (χ0v) is 8.20. The van der Waals surface area contributed by atoms with Crippen molar-refractivity contribution in [1.82, 2.24) is 0 Å². The second kappa shape index (κ2) is 4.53. The minimum atomic E-state index is -1.91. The van der Waals surface area contributed by atoms with Gasteiger partial charge in [0, 0.05) is 6.42 Å². The zero-order chi connectivity index (χ0) is 10.6. The molecule has 0 bridgehead atoms. The van der Waals surface area contributed by atoms with Gasteiger partial charge in [0.15, 0.2) is 5.67 Å². The molecule has 0 aliphatic carbocycles. The van der Waals surface area contributed by atoms with Gasteiger partial charge in [0.2, 0.25) is 0 Å². The summed E-state index contributed by atoms with van der Waals surface area (Å²) in [5.41, 5.74) is -0.124. The molecule has 3 heteroatoms. The quantitative estimate of drug-likeness (QED) is 0.764. The first kappa shape index (κ1) is 11.1. The molecule has 0 amide bonds. The predicted octanol–water partition coefficient (Wildman–Crippen LogP) is 1.23. The summed E-state index contributed by atoms with van der Waals surface area (Å²) >= 11 is 0. The van der Waals surface area contributed by atoms with Crippen LogP contribution in [-0.4, -0.2) is 29.1 Å². The average Bonchev–Trinajstić information content (AvgIpc) is 2.21. The number of aliphatic hydroxyl groups is 2. The van der Waals surface area contributed by atoms with Crippen LogP contribution >= 0.6 is 0 Å². The van der Waals surface area contributed by atoms with Crippen LogP contribution < -0.4 is 0 Å². The van der Waals surface area contributed by atoms with Crippen molar-refractivity contribution in [3.05, 3.63) is 35.4 Å². The van der Waals surface area contributed by atoms with Crippen LogP contribution in [0.3, 0.4) is 0 Å². The van der Waals surface area contributed by atoms with Gasteiger partial charge in [-0.25, -0.2) is 4.39 Å². The number of rotatable bonds is 4. The van der Waals surface area contributed by atoms with Gasteiger partial charge in [-0.2, -0.15) is 0 Å². The Morgan fingerprint density at radius 2 is 1.79 bits per heavy atom. The second-order valence-electron chi connectivity index (χ2n) is 3.57. The van der Waals surface area contributed by atoms with E-state index in [-0.39, 0.29) is 6.42 Å². The van der Waals surface area contributed by atoms with Gasteiger partial charge in [0.05, 0.1) is 13.2 Å². The summed E-state index contributed by atoms with van der Waals surface area (Å²) in [5, 5.41) is 17.6. The molecule has 0 atom stereocenters. The van der Waals surface area contributed by atoms with Crippen molar-refractivity contribution in [2.75, 3.05) is 13.2 Å². The summed E-state index contributed by atoms with van der Waals surface area (Å²) in [4.78, 5) is 0. The lowest BCUT2D eigenvalue weighted by atomic mass is 9.95. The van der Waals surface area contributed by atoms with Gasteiger partial charge in [-0.3, -0.25) is 0 Å². The van der Waals surface area contributed by atoms with E-state index in [1.165, 1.54) is 0 Å². The van der Waals surface area contributed by atoms with Gasteiger partial charge in [0.25, 0.3) is 0 Å². The Hall–Kier alpha value is -0.930. The van der Waals surface area contributed by atoms with Crippen LogP contribution in [-0.2, 0) is 6.42 Å². The smallest absolute Gasteiger partial charge is 0.160 e. The van der Waals surface area contributed by atoms with Gasteiger partial charge >= 0.3 is 0 Å². The van der Waals surface area contributed by atoms with Crippen LogP contribution in [0.1, 0.15) is 11.1 Å². The van der Waals surface area contributed by atoms with Crippen LogP contribution in [0.5, 0.6) is 0 Å². The lowest BCUT2D eigenvalue weighted by Crippen LogP contribution is -2.35. The molecular weight excluding hydrogens is 183 g/mol. The summed E-state index contributed by atoms with van der Waals surface area (Å²) in [5.74, 6) is 0. The highest BCUT2D eigenvalue weighted by Gasteiger charge is 2.28. The fraction of sp³-hybridized carbons (Fsp3) is 0.455. The van der Waals surface area contributed by atoms with Gasteiger partial charge < -0.3 is 10.2 Å². The maximum atomic E-state index is 13.6. The van der Waals surface area contributed by atoms with E-state index < -0.39 is 18.9 Å². The first-order valence-electron chi connectivity index (χ1n) is 4.56. The van der Waals surface area contributed by atoms with E-state index in [2.05, 4.69) is 0 Å². The molecule has 0 spiro atoms. The topological polar surface area (TPSA) is 40.5 Å². The lowest BCUT2D eigenvalue weighted by molar-refractivity contribution is 0.0165. The summed E-state index contributed by atoms with van der Waals surface area (Å²) < 4.78 is 13.6. The number of aliphatic hydroxyl groups excluding tert-OH is 2. The molecule has 78 valence electrons. The Kier molecular flexibility index (Phi) is 3.61. The lowest BCUT2D eigenvalue weighted by Gasteiger charge is -2.21. The number of hydrogen-bond donors (Lipinski definition) is 2. The molecule has 2 nitrogen and oxygen atoms in total. The Balaban J connectivity index is 2.82. The normalized spacial score (nSPS) is 11.7. The Morgan fingerprint density at radius 3 is 2.29 bits per heavy atom. The molecule has 0 aliphatic heterocycles. The molecule has 2 N–H and O–H groups in total. The standard InChI is InChI=1S/C11H15FO2/c1-9-4-2-3-5-10(9)6-11(12,7-13)8-14/h2-5,13-14H,6-8H2,1H3. The molecule has 14 heavy (non-hydrogen) atoms. The highest BCUT2D eigenvalue weighted by Crippen LogP contribution is 2.19. The molecule has 0 saturated carbocycles. The molecule has 0 aromatic heterocycles. The van der Waals surface area contributed by atoms with Crippen LogP contribution in [0.15, 0.2) is 24.3 Å². The molecule has 0 aliphatic rings. The van der Waals surface area contributed by atoms with Crippen LogP contribution in [0.25, 0.3) is 0 Å². The number of benzene rings is 1. The highest BCUT2D eigenvalue weighted by atomic mass is 19.1. The monoisotopic (exact) mass is 198 g/mol. The summed E-state index contributed by atoms with van der Waals surface area (Å²) in [6.45, 7) is 0.570. The largest absolute Gasteiger partial charge is 0.393 e. The summed E-state index contributed by atoms with van der Waals surface area (Å²) in [7, 11) is 0. The van der Waals surface area contributed by atoms with E-state index >= 15 is 0 Å². The van der Waals surface area contributed by atoms with Crippen LogP contribution in [0, 0.1) is 6.92 Å². The molecule has 0 heterocycles. The Labute approximate surface area is 83.0 Å². The third-order valence-corrected chi connectivity index (χ3v) is 2.34. The van der Waals surface area contributed by atoms with Crippen molar-refractivity contribution >= 4 is 0 Å². The van der Waals surface area contributed by atoms with E-state index in [1.54, 1.807) is 6.07 Å². The first-order valence-corrected chi connectivity index (χ1v) is 4.56. The van der Waals surface area contributed by atoms with Gasteiger partial charge in [-0.1, -0.05) is 24.3 Å². The highest BCUT2D eigenvalue weighted by molar-refractivity contribution is 5.27. The third-order valence-electron chi connectivity index (χ3n) is 2.34. The Morgan fingerprint density at radius 1 is 1.21 bits per heavy atom. The summed E-state index contributed by atoms with van der Waals surface area (Å²) in [6, 6.07) is 7.37. The first-order chi connectivity index (χ1) is 6.61. The van der Waals surface area contributed by atoms with Gasteiger partial charge in [-0.15, -0.1) is 0 Å². The molecule has 0 saturated heterocycles. The summed E-state index contributed by atoms with van der Waals surface area (Å²) in [6.07, 6.45) is 0.0483. The molecule has 0 radical (unpaired) electrons. The van der Waals surface area contributed by atoms with E-state index in [0.29, 0.717) is 0 Å². The number of aryl methyl sites for hydroxylation is 1. The molecule has 1 aromatic rings. The second-order valence-corrected chi connectivity index (χ2v) is 3.57. The number of halogens is 1. The van der Waals surface area contributed by atoms with Crippen molar-refractivity contribution in [1.29, 1.82) is 0 Å². The molecule has 1 aromatic carbocycles. The minimum Gasteiger partial charge on any atom is -0.393 e. The van der Waals surface area contributed by atoms with Crippen molar-refractivity contribution < 1.29 is 14.6 Å². The van der Waals surface area contributed by atoms with Gasteiger partial charge in [-0.05, 0) is 18.1 Å². The number of alkyl halides is 1. The molecule has 0 unspecified atom stereocenters. The SMILES string of the molecule is Cc1ccccc1CC(F)(CO)CO. The third kappa shape index (κ3) is 2.53. The zero-order valence-electron chi connectivity index (χ0n) is 8.20. The van der Waals surface area contributed by atoms with Crippen molar-refractivity contribution in [3.8, 4) is 0 Å². The fourth-order valence-corrected chi connectivity index (χ4v) is 1.31. The average molecular weight is 198 g/mol. The van der Waals surface area contributed by atoms with E-state index in [9.17, 15) is 4.39 Å². The molecular formula is C11H15FO2. The maximum Gasteiger partial charge on any atom is 0.160 e. The van der Waals surface area contributed by atoms with Crippen molar-refractivity contribution in [3.63, 3.8) is 0 Å². The fourth-order valence-electron chi connectivity index (χ4n) is 1.31. The van der Waals surface area contributed by atoms with Crippen LogP contribution in [0.4, 0.5) is 4.39 Å². The van der Waals surface area contributed by atoms with E-state index in [0.717, 1.165) is 11.1 Å². The van der Waals surface area contributed by atoms with Gasteiger partial charge in [0.1, 0.15) is 0 Å². The minimum absolute atomic E-state index is 0.0483. The van der Waals surface area contributed by atoms with Crippen molar-refractivity contribution in [2.45, 2.75) is 19.0 Å². The van der Waals surface area contributed by atoms with E-state index in [4.69, 9.17) is 10.2 Å². The number of hydrogen-bond acceptors (Lipinski definition) is 2. The Bertz CT molecular complexity index is 295. The predicted molar refractivity (Wildman–Crippen MR) is 52.9 cm³/mol. The maximum absolute atomic E-state index is 13.6.